The first-order chi connectivity index (χ1) is 14.1. The molecule has 5 rings (SSSR count). The largest absolute Gasteiger partial charge is 0.302 e. The number of aromatic nitrogens is 3. The summed E-state index contributed by atoms with van der Waals surface area (Å²) in [5, 5.41) is 1.16. The van der Waals surface area contributed by atoms with Crippen molar-refractivity contribution in [3.63, 3.8) is 0 Å². The fourth-order valence-corrected chi connectivity index (χ4v) is 6.17. The second-order valence-electron chi connectivity index (χ2n) is 8.92. The molecule has 0 radical (unpaired) electrons. The van der Waals surface area contributed by atoms with Crippen LogP contribution in [0.25, 0.3) is 20.4 Å². The monoisotopic (exact) mass is 410 g/mol. The van der Waals surface area contributed by atoms with E-state index in [9.17, 15) is 4.79 Å². The molecule has 0 aromatic carbocycles. The van der Waals surface area contributed by atoms with Crippen molar-refractivity contribution in [2.24, 2.45) is 0 Å². The van der Waals surface area contributed by atoms with Gasteiger partial charge in [-0.3, -0.25) is 9.36 Å². The molecule has 1 fully saturated rings. The smallest absolute Gasteiger partial charge is 0.271 e. The van der Waals surface area contributed by atoms with Crippen molar-refractivity contribution < 1.29 is 0 Å². The summed E-state index contributed by atoms with van der Waals surface area (Å²) in [6.45, 7) is 8.41. The average Bonchev–Trinajstić information content (AvgIpc) is 3.13. The van der Waals surface area contributed by atoms with Crippen LogP contribution in [-0.4, -0.2) is 39.1 Å². The molecule has 3 aromatic rings. The molecule has 4 heterocycles. The summed E-state index contributed by atoms with van der Waals surface area (Å²) in [4.78, 5) is 26.5. The van der Waals surface area contributed by atoms with Crippen molar-refractivity contribution >= 4 is 31.8 Å². The molecule has 0 amide bonds. The zero-order valence-electron chi connectivity index (χ0n) is 17.5. The maximum Gasteiger partial charge on any atom is 0.271 e. The number of likely N-dealkylation sites (tertiary alicyclic amines) is 1. The fraction of sp³-hybridized carbons (Fsp3) is 0.609. The van der Waals surface area contributed by atoms with Crippen molar-refractivity contribution in [1.82, 2.24) is 19.4 Å². The number of aryl methyl sites for hydroxylation is 1. The summed E-state index contributed by atoms with van der Waals surface area (Å²) >= 11 is 1.55. The van der Waals surface area contributed by atoms with Gasteiger partial charge in [0.1, 0.15) is 9.53 Å². The van der Waals surface area contributed by atoms with Crippen LogP contribution in [0, 0.1) is 0 Å². The molecule has 154 valence electrons. The van der Waals surface area contributed by atoms with Gasteiger partial charge in [0.15, 0.2) is 0 Å². The first-order valence-electron chi connectivity index (χ1n) is 11.2. The van der Waals surface area contributed by atoms with Crippen LogP contribution in [0.4, 0.5) is 0 Å². The second kappa shape index (κ2) is 7.80. The van der Waals surface area contributed by atoms with E-state index in [0.29, 0.717) is 5.92 Å². The van der Waals surface area contributed by atoms with Crippen LogP contribution in [0.2, 0.25) is 0 Å². The molecule has 3 aromatic heterocycles. The van der Waals surface area contributed by atoms with E-state index in [1.807, 2.05) is 4.57 Å². The van der Waals surface area contributed by atoms with Gasteiger partial charge in [-0.1, -0.05) is 20.3 Å². The number of rotatable bonds is 4. The van der Waals surface area contributed by atoms with E-state index in [2.05, 4.69) is 18.7 Å². The summed E-state index contributed by atoms with van der Waals surface area (Å²) in [7, 11) is 0. The third-order valence-corrected chi connectivity index (χ3v) is 7.66. The highest BCUT2D eigenvalue weighted by atomic mass is 32.1. The van der Waals surface area contributed by atoms with Gasteiger partial charge in [0.25, 0.3) is 5.56 Å². The minimum atomic E-state index is 0.102. The molecule has 1 saturated heterocycles. The Morgan fingerprint density at radius 2 is 1.79 bits per heavy atom. The van der Waals surface area contributed by atoms with Crippen molar-refractivity contribution in [2.75, 3.05) is 19.6 Å². The molecular weight excluding hydrogens is 380 g/mol. The highest BCUT2D eigenvalue weighted by Crippen LogP contribution is 2.39. The zero-order valence-corrected chi connectivity index (χ0v) is 18.4. The van der Waals surface area contributed by atoms with Gasteiger partial charge < -0.3 is 4.90 Å². The van der Waals surface area contributed by atoms with Crippen LogP contribution in [-0.2, 0) is 19.4 Å². The highest BCUT2D eigenvalue weighted by molar-refractivity contribution is 7.25. The molecule has 0 unspecified atom stereocenters. The van der Waals surface area contributed by atoms with Crippen molar-refractivity contribution in [2.45, 2.75) is 71.3 Å². The number of thiophene rings is 1. The SMILES string of the molecule is CC(C)c1nc2sc3c(=O)n(CCN4CCCCC4)cnc3c2c2c1CCCC2. The number of piperidine rings is 1. The first-order valence-corrected chi connectivity index (χ1v) is 12.0. The second-order valence-corrected chi connectivity index (χ2v) is 9.92. The fourth-order valence-electron chi connectivity index (χ4n) is 5.05. The Labute approximate surface area is 175 Å². The molecule has 0 N–H and O–H groups in total. The minimum absolute atomic E-state index is 0.102. The van der Waals surface area contributed by atoms with Gasteiger partial charge in [-0.2, -0.15) is 0 Å². The molecule has 5 nitrogen and oxygen atoms in total. The number of hydrogen-bond donors (Lipinski definition) is 0. The lowest BCUT2D eigenvalue weighted by molar-refractivity contribution is 0.220. The predicted octanol–water partition coefficient (Wildman–Crippen LogP) is 4.49. The standard InChI is InChI=1S/C23H30N4OS/c1-15(2)19-17-9-5-4-8-16(17)18-20-21(29-22(18)25-19)23(28)27(14-24-20)13-12-26-10-6-3-7-11-26/h14-15H,3-13H2,1-2H3. The Kier molecular flexibility index (Phi) is 5.16. The molecule has 6 heteroatoms. The van der Waals surface area contributed by atoms with E-state index in [1.165, 1.54) is 48.9 Å². The lowest BCUT2D eigenvalue weighted by atomic mass is 9.86. The molecule has 0 bridgehead atoms. The quantitative estimate of drug-likeness (QED) is 0.636. The minimum Gasteiger partial charge on any atom is -0.302 e. The van der Waals surface area contributed by atoms with Crippen LogP contribution in [0.5, 0.6) is 0 Å². The van der Waals surface area contributed by atoms with Gasteiger partial charge in [0.2, 0.25) is 0 Å². The lowest BCUT2D eigenvalue weighted by Gasteiger charge is -2.26. The van der Waals surface area contributed by atoms with Crippen LogP contribution in [0.1, 0.15) is 68.7 Å². The topological polar surface area (TPSA) is 51.0 Å². The highest BCUT2D eigenvalue weighted by Gasteiger charge is 2.24. The molecule has 0 spiro atoms. The number of hydrogen-bond acceptors (Lipinski definition) is 5. The molecule has 1 aliphatic carbocycles. The third-order valence-electron chi connectivity index (χ3n) is 6.60. The number of nitrogens with zero attached hydrogens (tertiary/aromatic N) is 4. The van der Waals surface area contributed by atoms with Gasteiger partial charge in [0.05, 0.1) is 11.8 Å². The van der Waals surface area contributed by atoms with Crippen LogP contribution in [0.3, 0.4) is 0 Å². The number of pyridine rings is 1. The van der Waals surface area contributed by atoms with E-state index in [1.54, 1.807) is 17.7 Å². The Morgan fingerprint density at radius 1 is 1.03 bits per heavy atom. The third kappa shape index (κ3) is 3.40. The van der Waals surface area contributed by atoms with Gasteiger partial charge in [0, 0.05) is 24.2 Å². The molecule has 0 saturated carbocycles. The van der Waals surface area contributed by atoms with E-state index in [-0.39, 0.29) is 5.56 Å². The molecule has 29 heavy (non-hydrogen) atoms. The Bertz CT molecular complexity index is 1110. The van der Waals surface area contributed by atoms with Crippen LogP contribution < -0.4 is 5.56 Å². The summed E-state index contributed by atoms with van der Waals surface area (Å²) < 4.78 is 2.59. The van der Waals surface area contributed by atoms with E-state index < -0.39 is 0 Å². The van der Waals surface area contributed by atoms with Gasteiger partial charge in [-0.25, -0.2) is 9.97 Å². The predicted molar refractivity (Wildman–Crippen MR) is 120 cm³/mol. The molecular formula is C23H30N4OS. The molecule has 2 aliphatic rings. The van der Waals surface area contributed by atoms with Crippen LogP contribution in [0.15, 0.2) is 11.1 Å². The molecule has 1 aliphatic heterocycles. The van der Waals surface area contributed by atoms with E-state index >= 15 is 0 Å². The first kappa shape index (κ1) is 19.2. The number of fused-ring (bicyclic) bond motifs is 5. The summed E-state index contributed by atoms with van der Waals surface area (Å²) in [6, 6.07) is 0. The van der Waals surface area contributed by atoms with Gasteiger partial charge in [-0.15, -0.1) is 11.3 Å². The van der Waals surface area contributed by atoms with Crippen molar-refractivity contribution in [1.29, 1.82) is 0 Å². The summed E-state index contributed by atoms with van der Waals surface area (Å²) in [5.41, 5.74) is 5.05. The Balaban J connectivity index is 1.58. The summed E-state index contributed by atoms with van der Waals surface area (Å²) in [5.74, 6) is 0.408. The van der Waals surface area contributed by atoms with Crippen molar-refractivity contribution in [3.8, 4) is 0 Å². The molecule has 0 atom stereocenters. The van der Waals surface area contributed by atoms with Gasteiger partial charge >= 0.3 is 0 Å². The average molecular weight is 411 g/mol. The van der Waals surface area contributed by atoms with Crippen LogP contribution >= 0.6 is 11.3 Å². The Hall–Kier alpha value is -1.79. The van der Waals surface area contributed by atoms with E-state index in [0.717, 1.165) is 59.5 Å². The normalized spacial score (nSPS) is 18.0. The van der Waals surface area contributed by atoms with Gasteiger partial charge in [-0.05, 0) is 68.7 Å². The summed E-state index contributed by atoms with van der Waals surface area (Å²) in [6.07, 6.45) is 10.3. The lowest BCUT2D eigenvalue weighted by Crippen LogP contribution is -2.34. The Morgan fingerprint density at radius 3 is 2.55 bits per heavy atom. The van der Waals surface area contributed by atoms with E-state index in [4.69, 9.17) is 9.97 Å². The zero-order chi connectivity index (χ0) is 20.0. The van der Waals surface area contributed by atoms with Crippen molar-refractivity contribution in [3.05, 3.63) is 33.5 Å². The maximum atomic E-state index is 13.2. The maximum absolute atomic E-state index is 13.2.